The summed E-state index contributed by atoms with van der Waals surface area (Å²) in [7, 11) is 1.66. The molecule has 1 aromatic carbocycles. The number of oxazole rings is 1. The molecule has 1 aromatic heterocycles. The average Bonchev–Trinajstić information content (AvgIpc) is 2.87. The molecule has 108 valence electrons. The van der Waals surface area contributed by atoms with E-state index in [2.05, 4.69) is 30.2 Å². The number of hydrogen-bond acceptors (Lipinski definition) is 4. The van der Waals surface area contributed by atoms with Crippen LogP contribution in [0.4, 0.5) is 0 Å². The van der Waals surface area contributed by atoms with E-state index < -0.39 is 0 Å². The zero-order chi connectivity index (χ0) is 14.5. The molecule has 0 atom stereocenters. The van der Waals surface area contributed by atoms with Crippen LogP contribution in [0.1, 0.15) is 25.3 Å². The van der Waals surface area contributed by atoms with Gasteiger partial charge in [-0.15, -0.1) is 0 Å². The summed E-state index contributed by atoms with van der Waals surface area (Å²) in [5.41, 5.74) is 2.11. The molecule has 4 nitrogen and oxygen atoms in total. The molecule has 0 radical (unpaired) electrons. The zero-order valence-corrected chi connectivity index (χ0v) is 12.6. The summed E-state index contributed by atoms with van der Waals surface area (Å²) >= 11 is 0. The topological polar surface area (TPSA) is 47.3 Å². The quantitative estimate of drug-likeness (QED) is 0.878. The summed E-state index contributed by atoms with van der Waals surface area (Å²) in [5, 5.41) is 3.35. The molecule has 2 aromatic rings. The Morgan fingerprint density at radius 3 is 2.85 bits per heavy atom. The second-order valence-corrected chi connectivity index (χ2v) is 5.18. The van der Waals surface area contributed by atoms with Gasteiger partial charge < -0.3 is 14.5 Å². The Balaban J connectivity index is 2.14. The Labute approximate surface area is 120 Å². The van der Waals surface area contributed by atoms with Gasteiger partial charge in [-0.05, 0) is 19.1 Å². The van der Waals surface area contributed by atoms with E-state index in [4.69, 9.17) is 9.15 Å². The standard InChI is InChI=1S/C16H22N2O2/c1-11(2)17-8-7-16-18-10-15(20-16)13-9-12(3)5-6-14(13)19-4/h5-6,9-11,17H,7-8H2,1-4H3. The van der Waals surface area contributed by atoms with Crippen molar-refractivity contribution in [2.45, 2.75) is 33.2 Å². The lowest BCUT2D eigenvalue weighted by molar-refractivity contribution is 0.413. The third-order valence-electron chi connectivity index (χ3n) is 3.07. The lowest BCUT2D eigenvalue weighted by atomic mass is 10.1. The van der Waals surface area contributed by atoms with Crippen LogP contribution in [-0.4, -0.2) is 24.7 Å². The molecule has 0 fully saturated rings. The Morgan fingerprint density at radius 1 is 1.35 bits per heavy atom. The molecular formula is C16H22N2O2. The second kappa shape index (κ2) is 6.57. The van der Waals surface area contributed by atoms with E-state index in [0.29, 0.717) is 6.04 Å². The molecule has 0 aliphatic heterocycles. The first-order chi connectivity index (χ1) is 9.60. The molecule has 0 spiro atoms. The summed E-state index contributed by atoms with van der Waals surface area (Å²) in [4.78, 5) is 4.33. The highest BCUT2D eigenvalue weighted by Crippen LogP contribution is 2.31. The van der Waals surface area contributed by atoms with Gasteiger partial charge in [-0.2, -0.15) is 0 Å². The van der Waals surface area contributed by atoms with Gasteiger partial charge in [-0.25, -0.2) is 4.98 Å². The van der Waals surface area contributed by atoms with Crippen LogP contribution in [0.3, 0.4) is 0 Å². The smallest absolute Gasteiger partial charge is 0.196 e. The largest absolute Gasteiger partial charge is 0.496 e. The Bertz CT molecular complexity index is 561. The predicted octanol–water partition coefficient (Wildman–Crippen LogP) is 3.20. The molecule has 0 amide bonds. The van der Waals surface area contributed by atoms with Crippen molar-refractivity contribution in [3.8, 4) is 17.1 Å². The van der Waals surface area contributed by atoms with Gasteiger partial charge in [0.05, 0.1) is 18.9 Å². The van der Waals surface area contributed by atoms with Crippen LogP contribution in [0.25, 0.3) is 11.3 Å². The number of rotatable bonds is 6. The van der Waals surface area contributed by atoms with Gasteiger partial charge in [0.15, 0.2) is 11.7 Å². The fourth-order valence-electron chi connectivity index (χ4n) is 2.03. The van der Waals surface area contributed by atoms with Gasteiger partial charge in [-0.3, -0.25) is 0 Å². The minimum Gasteiger partial charge on any atom is -0.496 e. The Hall–Kier alpha value is -1.81. The van der Waals surface area contributed by atoms with Gasteiger partial charge in [-0.1, -0.05) is 25.5 Å². The third kappa shape index (κ3) is 3.61. The molecular weight excluding hydrogens is 252 g/mol. The third-order valence-corrected chi connectivity index (χ3v) is 3.07. The predicted molar refractivity (Wildman–Crippen MR) is 80.1 cm³/mol. The monoisotopic (exact) mass is 274 g/mol. The van der Waals surface area contributed by atoms with E-state index in [-0.39, 0.29) is 0 Å². The van der Waals surface area contributed by atoms with Crippen LogP contribution < -0.4 is 10.1 Å². The maximum absolute atomic E-state index is 5.82. The van der Waals surface area contributed by atoms with Crippen molar-refractivity contribution in [1.82, 2.24) is 10.3 Å². The molecule has 0 aliphatic rings. The number of nitrogens with one attached hydrogen (secondary N) is 1. The van der Waals surface area contributed by atoms with Gasteiger partial charge in [0.1, 0.15) is 5.75 Å². The second-order valence-electron chi connectivity index (χ2n) is 5.18. The number of nitrogens with zero attached hydrogens (tertiary/aromatic N) is 1. The summed E-state index contributed by atoms with van der Waals surface area (Å²) in [6.45, 7) is 7.16. The lowest BCUT2D eigenvalue weighted by Gasteiger charge is -2.07. The van der Waals surface area contributed by atoms with Crippen LogP contribution in [0.2, 0.25) is 0 Å². The van der Waals surface area contributed by atoms with Gasteiger partial charge in [0, 0.05) is 19.0 Å². The Morgan fingerprint density at radius 2 is 2.15 bits per heavy atom. The van der Waals surface area contributed by atoms with Crippen molar-refractivity contribution in [3.05, 3.63) is 35.9 Å². The highest BCUT2D eigenvalue weighted by Gasteiger charge is 2.11. The fraction of sp³-hybridized carbons (Fsp3) is 0.438. The van der Waals surface area contributed by atoms with Crippen LogP contribution in [0, 0.1) is 6.92 Å². The van der Waals surface area contributed by atoms with Crippen LogP contribution in [-0.2, 0) is 6.42 Å². The fourth-order valence-corrected chi connectivity index (χ4v) is 2.03. The van der Waals surface area contributed by atoms with Gasteiger partial charge in [0.25, 0.3) is 0 Å². The van der Waals surface area contributed by atoms with Crippen molar-refractivity contribution in [2.24, 2.45) is 0 Å². The number of ether oxygens (including phenoxy) is 1. The van der Waals surface area contributed by atoms with Crippen molar-refractivity contribution >= 4 is 0 Å². The number of aromatic nitrogens is 1. The summed E-state index contributed by atoms with van der Waals surface area (Å²) < 4.78 is 11.2. The van der Waals surface area contributed by atoms with E-state index in [1.165, 1.54) is 5.56 Å². The lowest BCUT2D eigenvalue weighted by Crippen LogP contribution is -2.24. The average molecular weight is 274 g/mol. The van der Waals surface area contributed by atoms with E-state index in [1.807, 2.05) is 19.1 Å². The maximum atomic E-state index is 5.82. The number of methoxy groups -OCH3 is 1. The zero-order valence-electron chi connectivity index (χ0n) is 12.6. The molecule has 0 unspecified atom stereocenters. The Kier molecular flexibility index (Phi) is 4.79. The van der Waals surface area contributed by atoms with E-state index in [1.54, 1.807) is 13.3 Å². The van der Waals surface area contributed by atoms with E-state index in [9.17, 15) is 0 Å². The molecule has 1 N–H and O–H groups in total. The SMILES string of the molecule is COc1ccc(C)cc1-c1cnc(CCNC(C)C)o1. The van der Waals surface area contributed by atoms with E-state index >= 15 is 0 Å². The molecule has 4 heteroatoms. The number of aryl methyl sites for hydroxylation is 1. The van der Waals surface area contributed by atoms with Crippen molar-refractivity contribution in [2.75, 3.05) is 13.7 Å². The summed E-state index contributed by atoms with van der Waals surface area (Å²) in [5.74, 6) is 2.31. The molecule has 0 bridgehead atoms. The number of hydrogen-bond donors (Lipinski definition) is 1. The molecule has 20 heavy (non-hydrogen) atoms. The first kappa shape index (κ1) is 14.6. The summed E-state index contributed by atoms with van der Waals surface area (Å²) in [6, 6.07) is 6.50. The molecule has 0 saturated carbocycles. The molecule has 0 saturated heterocycles. The van der Waals surface area contributed by atoms with Crippen molar-refractivity contribution < 1.29 is 9.15 Å². The first-order valence-corrected chi connectivity index (χ1v) is 6.93. The number of benzene rings is 1. The normalized spacial score (nSPS) is 11.1. The van der Waals surface area contributed by atoms with Crippen molar-refractivity contribution in [1.29, 1.82) is 0 Å². The van der Waals surface area contributed by atoms with Gasteiger partial charge in [0.2, 0.25) is 0 Å². The van der Waals surface area contributed by atoms with Crippen LogP contribution in [0.15, 0.2) is 28.8 Å². The first-order valence-electron chi connectivity index (χ1n) is 6.93. The summed E-state index contributed by atoms with van der Waals surface area (Å²) in [6.07, 6.45) is 2.55. The van der Waals surface area contributed by atoms with Gasteiger partial charge >= 0.3 is 0 Å². The minimum absolute atomic E-state index is 0.473. The minimum atomic E-state index is 0.473. The molecule has 1 heterocycles. The van der Waals surface area contributed by atoms with E-state index in [0.717, 1.165) is 35.9 Å². The maximum Gasteiger partial charge on any atom is 0.196 e. The van der Waals surface area contributed by atoms with Crippen molar-refractivity contribution in [3.63, 3.8) is 0 Å². The highest BCUT2D eigenvalue weighted by atomic mass is 16.5. The molecule has 0 aliphatic carbocycles. The highest BCUT2D eigenvalue weighted by molar-refractivity contribution is 5.66. The molecule has 2 rings (SSSR count). The van der Waals surface area contributed by atoms with Crippen LogP contribution >= 0.6 is 0 Å². The van der Waals surface area contributed by atoms with Crippen LogP contribution in [0.5, 0.6) is 5.75 Å².